The van der Waals surface area contributed by atoms with Gasteiger partial charge in [0.15, 0.2) is 16.7 Å². The van der Waals surface area contributed by atoms with Crippen LogP contribution in [0.1, 0.15) is 34.7 Å². The van der Waals surface area contributed by atoms with Gasteiger partial charge in [0.1, 0.15) is 18.0 Å². The van der Waals surface area contributed by atoms with Gasteiger partial charge in [-0.25, -0.2) is 4.99 Å². The van der Waals surface area contributed by atoms with E-state index in [1.807, 2.05) is 25.1 Å². The molecular formula is C29H29ClN2O4S. The Morgan fingerprint density at radius 2 is 1.70 bits per heavy atom. The van der Waals surface area contributed by atoms with Gasteiger partial charge in [-0.05, 0) is 98.1 Å². The second-order valence-electron chi connectivity index (χ2n) is 8.60. The van der Waals surface area contributed by atoms with Crippen LogP contribution in [0.15, 0.2) is 58.4 Å². The summed E-state index contributed by atoms with van der Waals surface area (Å²) in [5.41, 5.74) is 6.17. The van der Waals surface area contributed by atoms with Crippen LogP contribution in [0.4, 0.5) is 5.69 Å². The Morgan fingerprint density at radius 3 is 2.41 bits per heavy atom. The molecule has 6 nitrogen and oxygen atoms in total. The second-order valence-corrected chi connectivity index (χ2v) is 10.1. The summed E-state index contributed by atoms with van der Waals surface area (Å²) in [6.07, 6.45) is 1.80. The maximum absolute atomic E-state index is 12.6. The molecule has 1 fully saturated rings. The number of nitrogens with one attached hydrogen (secondary N) is 1. The van der Waals surface area contributed by atoms with E-state index in [2.05, 4.69) is 43.2 Å². The van der Waals surface area contributed by atoms with E-state index in [0.717, 1.165) is 5.56 Å². The number of halogens is 1. The molecule has 1 heterocycles. The molecular weight excluding hydrogens is 508 g/mol. The molecule has 1 saturated heterocycles. The number of carbonyl (C=O) groups excluding carboxylic acids is 1. The van der Waals surface area contributed by atoms with Gasteiger partial charge in [-0.15, -0.1) is 0 Å². The van der Waals surface area contributed by atoms with Gasteiger partial charge in [0, 0.05) is 5.02 Å². The minimum absolute atomic E-state index is 0.228. The predicted octanol–water partition coefficient (Wildman–Crippen LogP) is 7.14. The first-order chi connectivity index (χ1) is 17.8. The SMILES string of the molecule is CCOc1cc(/C=C2\SC(=Nc3cc(Cl)ccc3OC)NC2=O)ccc1OCc1c(C)cc(C)cc1C. The Bertz CT molecular complexity index is 1380. The summed E-state index contributed by atoms with van der Waals surface area (Å²) >= 11 is 7.35. The maximum atomic E-state index is 12.6. The summed E-state index contributed by atoms with van der Waals surface area (Å²) in [7, 11) is 1.56. The average molecular weight is 537 g/mol. The number of hydrogen-bond acceptors (Lipinski definition) is 6. The van der Waals surface area contributed by atoms with E-state index >= 15 is 0 Å². The van der Waals surface area contributed by atoms with Crippen molar-refractivity contribution in [1.29, 1.82) is 0 Å². The molecule has 0 atom stereocenters. The minimum atomic E-state index is -0.228. The van der Waals surface area contributed by atoms with Crippen molar-refractivity contribution in [3.05, 3.63) is 86.3 Å². The van der Waals surface area contributed by atoms with Crippen LogP contribution in [0.2, 0.25) is 5.02 Å². The van der Waals surface area contributed by atoms with Gasteiger partial charge in [0.2, 0.25) is 0 Å². The summed E-state index contributed by atoms with van der Waals surface area (Å²) < 4.78 is 17.4. The fourth-order valence-corrected chi connectivity index (χ4v) is 5.08. The van der Waals surface area contributed by atoms with E-state index in [1.165, 1.54) is 34.0 Å². The molecule has 1 amide bonds. The first-order valence-electron chi connectivity index (χ1n) is 11.9. The van der Waals surface area contributed by atoms with E-state index in [4.69, 9.17) is 25.8 Å². The van der Waals surface area contributed by atoms with Crippen LogP contribution in [0.5, 0.6) is 17.2 Å². The topological polar surface area (TPSA) is 69.2 Å². The van der Waals surface area contributed by atoms with Crippen molar-refractivity contribution < 1.29 is 19.0 Å². The van der Waals surface area contributed by atoms with E-state index in [9.17, 15) is 4.79 Å². The van der Waals surface area contributed by atoms with E-state index in [-0.39, 0.29) is 5.91 Å². The lowest BCUT2D eigenvalue weighted by Crippen LogP contribution is -2.19. The molecule has 1 N–H and O–H groups in total. The second kappa shape index (κ2) is 11.8. The minimum Gasteiger partial charge on any atom is -0.494 e. The quantitative estimate of drug-likeness (QED) is 0.310. The molecule has 3 aromatic rings. The molecule has 37 heavy (non-hydrogen) atoms. The van der Waals surface area contributed by atoms with Crippen LogP contribution in [-0.2, 0) is 11.4 Å². The van der Waals surface area contributed by atoms with Crippen molar-refractivity contribution in [3.8, 4) is 17.2 Å². The first-order valence-corrected chi connectivity index (χ1v) is 13.1. The van der Waals surface area contributed by atoms with Crippen molar-refractivity contribution in [3.63, 3.8) is 0 Å². The number of benzene rings is 3. The summed E-state index contributed by atoms with van der Waals surface area (Å²) in [6.45, 7) is 9.16. The average Bonchev–Trinajstić information content (AvgIpc) is 3.18. The van der Waals surface area contributed by atoms with Crippen molar-refractivity contribution in [2.75, 3.05) is 13.7 Å². The van der Waals surface area contributed by atoms with Gasteiger partial charge < -0.3 is 19.5 Å². The number of amidine groups is 1. The molecule has 3 aromatic carbocycles. The zero-order valence-corrected chi connectivity index (χ0v) is 23.0. The smallest absolute Gasteiger partial charge is 0.264 e. The van der Waals surface area contributed by atoms with Crippen molar-refractivity contribution in [1.82, 2.24) is 5.32 Å². The zero-order chi connectivity index (χ0) is 26.5. The molecule has 4 rings (SSSR count). The van der Waals surface area contributed by atoms with Gasteiger partial charge in [0.25, 0.3) is 5.91 Å². The maximum Gasteiger partial charge on any atom is 0.264 e. The zero-order valence-electron chi connectivity index (χ0n) is 21.5. The lowest BCUT2D eigenvalue weighted by molar-refractivity contribution is -0.115. The Morgan fingerprint density at radius 1 is 0.973 bits per heavy atom. The third kappa shape index (κ3) is 6.48. The fraction of sp³-hybridized carbons (Fsp3) is 0.241. The molecule has 0 spiro atoms. The molecule has 0 bridgehead atoms. The number of hydrogen-bond donors (Lipinski definition) is 1. The number of rotatable bonds is 8. The van der Waals surface area contributed by atoms with E-state index < -0.39 is 0 Å². The standard InChI is InChI=1S/C29H29ClN2O4S/c1-6-35-26-13-20(7-9-25(26)36-16-22-18(3)11-17(2)12-19(22)4)14-27-28(33)32-29(37-27)31-23-15-21(30)8-10-24(23)34-5/h7-15H,6,16H2,1-5H3,(H,31,32,33)/b27-14-. The highest BCUT2D eigenvalue weighted by Crippen LogP contribution is 2.35. The molecule has 0 radical (unpaired) electrons. The molecule has 192 valence electrons. The highest BCUT2D eigenvalue weighted by Gasteiger charge is 2.24. The number of nitrogens with zero attached hydrogens (tertiary/aromatic N) is 1. The van der Waals surface area contributed by atoms with Crippen LogP contribution < -0.4 is 19.5 Å². The predicted molar refractivity (Wildman–Crippen MR) is 151 cm³/mol. The summed E-state index contributed by atoms with van der Waals surface area (Å²) in [6, 6.07) is 15.1. The molecule has 8 heteroatoms. The van der Waals surface area contributed by atoms with Gasteiger partial charge >= 0.3 is 0 Å². The van der Waals surface area contributed by atoms with Crippen molar-refractivity contribution in [2.45, 2.75) is 34.3 Å². The summed E-state index contributed by atoms with van der Waals surface area (Å²) in [4.78, 5) is 17.7. The number of aryl methyl sites for hydroxylation is 3. The van der Waals surface area contributed by atoms with Crippen molar-refractivity contribution in [2.24, 2.45) is 4.99 Å². The van der Waals surface area contributed by atoms with Crippen LogP contribution in [0.25, 0.3) is 6.08 Å². The number of methoxy groups -OCH3 is 1. The number of ether oxygens (including phenoxy) is 3. The monoisotopic (exact) mass is 536 g/mol. The largest absolute Gasteiger partial charge is 0.494 e. The lowest BCUT2D eigenvalue weighted by atomic mass is 10.0. The Hall–Kier alpha value is -3.42. The fourth-order valence-electron chi connectivity index (χ4n) is 4.08. The van der Waals surface area contributed by atoms with Crippen LogP contribution in [-0.4, -0.2) is 24.8 Å². The normalized spacial score (nSPS) is 15.2. The van der Waals surface area contributed by atoms with Gasteiger partial charge in [-0.2, -0.15) is 0 Å². The van der Waals surface area contributed by atoms with Gasteiger partial charge in [-0.1, -0.05) is 35.4 Å². The van der Waals surface area contributed by atoms with Crippen LogP contribution in [0.3, 0.4) is 0 Å². The van der Waals surface area contributed by atoms with Gasteiger partial charge in [0.05, 0.1) is 18.6 Å². The van der Waals surface area contributed by atoms with Crippen LogP contribution >= 0.6 is 23.4 Å². The van der Waals surface area contributed by atoms with Crippen LogP contribution in [0, 0.1) is 20.8 Å². The number of carbonyl (C=O) groups is 1. The molecule has 1 aliphatic heterocycles. The highest BCUT2D eigenvalue weighted by atomic mass is 35.5. The third-order valence-corrected chi connectivity index (χ3v) is 6.94. The molecule has 1 aliphatic rings. The molecule has 0 saturated carbocycles. The first kappa shape index (κ1) is 26.6. The Labute approximate surface area is 226 Å². The summed E-state index contributed by atoms with van der Waals surface area (Å²) in [5.74, 6) is 1.62. The lowest BCUT2D eigenvalue weighted by Gasteiger charge is -2.15. The molecule has 0 aromatic heterocycles. The highest BCUT2D eigenvalue weighted by molar-refractivity contribution is 8.18. The molecule has 0 unspecified atom stereocenters. The Balaban J connectivity index is 1.54. The molecule has 0 aliphatic carbocycles. The summed E-state index contributed by atoms with van der Waals surface area (Å²) in [5, 5.41) is 3.78. The Kier molecular flexibility index (Phi) is 8.46. The number of thioether (sulfide) groups is 1. The van der Waals surface area contributed by atoms with E-state index in [1.54, 1.807) is 31.4 Å². The number of aliphatic imine (C=N–C) groups is 1. The van der Waals surface area contributed by atoms with Gasteiger partial charge in [-0.3, -0.25) is 4.79 Å². The number of amides is 1. The van der Waals surface area contributed by atoms with Crippen molar-refractivity contribution >= 4 is 46.2 Å². The third-order valence-electron chi connectivity index (χ3n) is 5.79. The van der Waals surface area contributed by atoms with E-state index in [0.29, 0.717) is 51.2 Å².